The number of hydrogen-bond acceptors (Lipinski definition) is 3. The van der Waals surface area contributed by atoms with E-state index in [-0.39, 0.29) is 6.23 Å². The van der Waals surface area contributed by atoms with Crippen molar-refractivity contribution >= 4 is 0 Å². The van der Waals surface area contributed by atoms with Crippen molar-refractivity contribution in [1.29, 1.82) is 0 Å². The predicted octanol–water partition coefficient (Wildman–Crippen LogP) is -0.325. The quantitative estimate of drug-likeness (QED) is 0.447. The minimum absolute atomic E-state index is 0.277. The zero-order chi connectivity index (χ0) is 6.10. The van der Waals surface area contributed by atoms with Gasteiger partial charge in [0.1, 0.15) is 6.23 Å². The van der Waals surface area contributed by atoms with Crippen molar-refractivity contribution in [3.8, 4) is 0 Å². The van der Waals surface area contributed by atoms with Gasteiger partial charge in [-0.3, -0.25) is 4.90 Å². The molecule has 2 saturated heterocycles. The van der Waals surface area contributed by atoms with E-state index in [4.69, 9.17) is 9.47 Å². The molecule has 1 atom stereocenters. The van der Waals surface area contributed by atoms with Gasteiger partial charge in [0.05, 0.1) is 19.8 Å². The molecule has 0 unspecified atom stereocenters. The van der Waals surface area contributed by atoms with Gasteiger partial charge in [0, 0.05) is 13.1 Å². The van der Waals surface area contributed by atoms with E-state index < -0.39 is 0 Å². The van der Waals surface area contributed by atoms with Crippen LogP contribution in [0.2, 0.25) is 0 Å². The van der Waals surface area contributed by atoms with E-state index in [1.807, 2.05) is 0 Å². The highest BCUT2D eigenvalue weighted by atomic mass is 16.6. The van der Waals surface area contributed by atoms with Gasteiger partial charge in [0.15, 0.2) is 0 Å². The first-order valence-electron chi connectivity index (χ1n) is 3.40. The molecular weight excluding hydrogens is 118 g/mol. The van der Waals surface area contributed by atoms with Crippen LogP contribution in [0.15, 0.2) is 0 Å². The van der Waals surface area contributed by atoms with Crippen molar-refractivity contribution in [2.24, 2.45) is 0 Å². The van der Waals surface area contributed by atoms with Crippen molar-refractivity contribution in [2.45, 2.75) is 6.23 Å². The number of fused-ring (bicyclic) bond motifs is 1. The number of rotatable bonds is 0. The second kappa shape index (κ2) is 2.25. The lowest BCUT2D eigenvalue weighted by Crippen LogP contribution is -2.41. The Morgan fingerprint density at radius 1 is 1.22 bits per heavy atom. The van der Waals surface area contributed by atoms with Gasteiger partial charge in [-0.25, -0.2) is 0 Å². The van der Waals surface area contributed by atoms with Gasteiger partial charge in [-0.15, -0.1) is 0 Å². The molecule has 0 saturated carbocycles. The molecule has 0 aromatic rings. The minimum Gasteiger partial charge on any atom is -0.376 e. The maximum atomic E-state index is 5.36. The molecule has 2 aliphatic heterocycles. The van der Waals surface area contributed by atoms with Crippen molar-refractivity contribution in [3.63, 3.8) is 0 Å². The van der Waals surface area contributed by atoms with Crippen LogP contribution in [-0.2, 0) is 9.47 Å². The molecule has 2 rings (SSSR count). The first kappa shape index (κ1) is 5.65. The second-order valence-electron chi connectivity index (χ2n) is 2.44. The molecule has 3 nitrogen and oxygen atoms in total. The van der Waals surface area contributed by atoms with E-state index >= 15 is 0 Å². The molecule has 2 heterocycles. The lowest BCUT2D eigenvalue weighted by molar-refractivity contribution is -0.0799. The highest BCUT2D eigenvalue weighted by molar-refractivity contribution is 4.72. The van der Waals surface area contributed by atoms with E-state index in [1.165, 1.54) is 0 Å². The first-order chi connectivity index (χ1) is 4.47. The minimum atomic E-state index is 0.277. The van der Waals surface area contributed by atoms with E-state index in [0.717, 1.165) is 32.9 Å². The molecule has 3 heteroatoms. The number of hydrogen-bond donors (Lipinski definition) is 0. The average Bonchev–Trinajstić information content (AvgIpc) is 2.33. The Hall–Kier alpha value is -0.120. The van der Waals surface area contributed by atoms with Crippen molar-refractivity contribution in [2.75, 3.05) is 32.9 Å². The molecular formula is C6H11NO2. The second-order valence-corrected chi connectivity index (χ2v) is 2.44. The van der Waals surface area contributed by atoms with Crippen molar-refractivity contribution < 1.29 is 9.47 Å². The van der Waals surface area contributed by atoms with E-state index in [2.05, 4.69) is 4.90 Å². The van der Waals surface area contributed by atoms with Gasteiger partial charge in [0.25, 0.3) is 0 Å². The van der Waals surface area contributed by atoms with Crippen LogP contribution < -0.4 is 0 Å². The summed E-state index contributed by atoms with van der Waals surface area (Å²) in [4.78, 5) is 2.32. The smallest absolute Gasteiger partial charge is 0.134 e. The Bertz CT molecular complexity index is 95.2. The third kappa shape index (κ3) is 0.956. The lowest BCUT2D eigenvalue weighted by atomic mass is 10.4. The Morgan fingerprint density at radius 2 is 2.11 bits per heavy atom. The maximum absolute atomic E-state index is 5.36. The summed E-state index contributed by atoms with van der Waals surface area (Å²) >= 11 is 0. The molecule has 0 amide bonds. The largest absolute Gasteiger partial charge is 0.376 e. The standard InChI is InChI=1S/C6H11NO2/c1-3-8-5-6-7(1)2-4-9-6/h6H,1-5H2/t6-/m1/s1. The van der Waals surface area contributed by atoms with Gasteiger partial charge >= 0.3 is 0 Å². The van der Waals surface area contributed by atoms with Gasteiger partial charge < -0.3 is 9.47 Å². The Balaban J connectivity index is 1.97. The number of morpholine rings is 1. The van der Waals surface area contributed by atoms with Crippen molar-refractivity contribution in [1.82, 2.24) is 4.90 Å². The molecule has 0 radical (unpaired) electrons. The normalized spacial score (nSPS) is 36.7. The van der Waals surface area contributed by atoms with Gasteiger partial charge in [-0.2, -0.15) is 0 Å². The van der Waals surface area contributed by atoms with Gasteiger partial charge in [0.2, 0.25) is 0 Å². The van der Waals surface area contributed by atoms with Crippen LogP contribution in [0.4, 0.5) is 0 Å². The highest BCUT2D eigenvalue weighted by Gasteiger charge is 2.27. The number of nitrogens with zero attached hydrogens (tertiary/aromatic N) is 1. The maximum Gasteiger partial charge on any atom is 0.134 e. The summed E-state index contributed by atoms with van der Waals surface area (Å²) in [6, 6.07) is 0. The van der Waals surface area contributed by atoms with Crippen molar-refractivity contribution in [3.05, 3.63) is 0 Å². The SMILES string of the molecule is C1CN2CCO[C@@H]2CO1. The fourth-order valence-electron chi connectivity index (χ4n) is 1.33. The van der Waals surface area contributed by atoms with Gasteiger partial charge in [-0.05, 0) is 0 Å². The summed E-state index contributed by atoms with van der Waals surface area (Å²) in [5.41, 5.74) is 0. The predicted molar refractivity (Wildman–Crippen MR) is 32.1 cm³/mol. The van der Waals surface area contributed by atoms with E-state index in [1.54, 1.807) is 0 Å². The van der Waals surface area contributed by atoms with Crippen LogP contribution in [0.1, 0.15) is 0 Å². The highest BCUT2D eigenvalue weighted by Crippen LogP contribution is 2.12. The Labute approximate surface area is 54.5 Å². The van der Waals surface area contributed by atoms with Gasteiger partial charge in [-0.1, -0.05) is 0 Å². The Kier molecular flexibility index (Phi) is 1.41. The van der Waals surface area contributed by atoms with Crippen LogP contribution in [0.3, 0.4) is 0 Å². The molecule has 0 aromatic carbocycles. The molecule has 0 N–H and O–H groups in total. The molecule has 52 valence electrons. The van der Waals surface area contributed by atoms with Crippen LogP contribution >= 0.6 is 0 Å². The fourth-order valence-corrected chi connectivity index (χ4v) is 1.33. The zero-order valence-corrected chi connectivity index (χ0v) is 5.38. The average molecular weight is 129 g/mol. The zero-order valence-electron chi connectivity index (χ0n) is 5.38. The summed E-state index contributed by atoms with van der Waals surface area (Å²) in [7, 11) is 0. The summed E-state index contributed by atoms with van der Waals surface area (Å²) in [6.07, 6.45) is 0.277. The van der Waals surface area contributed by atoms with Crippen LogP contribution in [0, 0.1) is 0 Å². The summed E-state index contributed by atoms with van der Waals surface area (Å²) in [5, 5.41) is 0. The first-order valence-corrected chi connectivity index (χ1v) is 3.40. The summed E-state index contributed by atoms with van der Waals surface area (Å²) in [5.74, 6) is 0. The Morgan fingerprint density at radius 3 is 3.00 bits per heavy atom. The summed E-state index contributed by atoms with van der Waals surface area (Å²) < 4.78 is 10.6. The molecule has 2 aliphatic rings. The molecule has 2 fully saturated rings. The topological polar surface area (TPSA) is 21.7 Å². The number of ether oxygens (including phenoxy) is 2. The van der Waals surface area contributed by atoms with Crippen LogP contribution in [0.5, 0.6) is 0 Å². The monoisotopic (exact) mass is 129 g/mol. The lowest BCUT2D eigenvalue weighted by Gasteiger charge is -2.27. The summed E-state index contributed by atoms with van der Waals surface area (Å²) in [6.45, 7) is 4.66. The molecule has 9 heavy (non-hydrogen) atoms. The fraction of sp³-hybridized carbons (Fsp3) is 1.00. The van der Waals surface area contributed by atoms with Crippen LogP contribution in [-0.4, -0.2) is 44.0 Å². The third-order valence-electron chi connectivity index (χ3n) is 1.88. The van der Waals surface area contributed by atoms with E-state index in [0.29, 0.717) is 0 Å². The molecule has 0 bridgehead atoms. The molecule has 0 spiro atoms. The molecule has 0 aromatic heterocycles. The van der Waals surface area contributed by atoms with E-state index in [9.17, 15) is 0 Å². The van der Waals surface area contributed by atoms with Crippen LogP contribution in [0.25, 0.3) is 0 Å². The molecule has 0 aliphatic carbocycles. The third-order valence-corrected chi connectivity index (χ3v) is 1.88.